The van der Waals surface area contributed by atoms with Crippen LogP contribution in [0.5, 0.6) is 0 Å². The number of hydrogen-bond acceptors (Lipinski definition) is 5. The fraction of sp³-hybridized carbons (Fsp3) is 0.750. The smallest absolute Gasteiger partial charge is 0.392 e. The average molecular weight is 308 g/mol. The Morgan fingerprint density at radius 1 is 1.33 bits per heavy atom. The van der Waals surface area contributed by atoms with Crippen molar-refractivity contribution < 1.29 is 32.2 Å². The highest BCUT2D eigenvalue weighted by atomic mass is 19.4. The quantitative estimate of drug-likeness (QED) is 0.899. The number of alkyl halides is 3. The summed E-state index contributed by atoms with van der Waals surface area (Å²) >= 11 is 0. The van der Waals surface area contributed by atoms with Gasteiger partial charge in [-0.15, -0.1) is 10.2 Å². The van der Waals surface area contributed by atoms with Crippen molar-refractivity contribution in [3.63, 3.8) is 0 Å². The number of ether oxygens (including phenoxy) is 1. The second kappa shape index (κ2) is 6.42. The van der Waals surface area contributed by atoms with Gasteiger partial charge in [0.15, 0.2) is 0 Å². The molecule has 2 atom stereocenters. The molecular weight excluding hydrogens is 293 g/mol. The minimum Gasteiger partial charge on any atom is -0.480 e. The minimum absolute atomic E-state index is 0.0160. The molecule has 0 saturated heterocycles. The van der Waals surface area contributed by atoms with Crippen LogP contribution in [-0.4, -0.2) is 34.1 Å². The molecule has 0 radical (unpaired) electrons. The normalized spacial score (nSPS) is 23.2. The fourth-order valence-electron chi connectivity index (χ4n) is 2.52. The summed E-state index contributed by atoms with van der Waals surface area (Å²) < 4.78 is 48.9. The number of rotatable bonds is 5. The molecule has 1 fully saturated rings. The number of carbonyl (C=O) groups is 1. The first-order chi connectivity index (χ1) is 9.88. The van der Waals surface area contributed by atoms with Gasteiger partial charge in [-0.2, -0.15) is 13.2 Å². The van der Waals surface area contributed by atoms with Crippen molar-refractivity contribution in [2.45, 2.75) is 44.4 Å². The van der Waals surface area contributed by atoms with E-state index in [4.69, 9.17) is 14.3 Å². The van der Waals surface area contributed by atoms with Gasteiger partial charge in [0.2, 0.25) is 11.8 Å². The van der Waals surface area contributed by atoms with Crippen molar-refractivity contribution in [2.24, 2.45) is 5.92 Å². The van der Waals surface area contributed by atoms with Gasteiger partial charge in [0.1, 0.15) is 13.2 Å². The first-order valence-corrected chi connectivity index (χ1v) is 6.56. The SMILES string of the molecule is O=C(O)COCc1nnc(C2CCCCC2C(F)(F)F)o1. The number of halogens is 3. The van der Waals surface area contributed by atoms with Crippen LogP contribution in [0.15, 0.2) is 4.42 Å². The predicted molar refractivity (Wildman–Crippen MR) is 62.3 cm³/mol. The largest absolute Gasteiger partial charge is 0.480 e. The molecule has 0 aromatic carbocycles. The van der Waals surface area contributed by atoms with E-state index in [1.807, 2.05) is 0 Å². The maximum atomic E-state index is 13.0. The molecular formula is C12H15F3N2O4. The summed E-state index contributed by atoms with van der Waals surface area (Å²) in [6.07, 6.45) is -2.67. The molecule has 1 aromatic rings. The number of hydrogen-bond donors (Lipinski definition) is 1. The maximum absolute atomic E-state index is 13.0. The lowest BCUT2D eigenvalue weighted by Gasteiger charge is -2.30. The number of aromatic nitrogens is 2. The van der Waals surface area contributed by atoms with Gasteiger partial charge < -0.3 is 14.3 Å². The zero-order valence-corrected chi connectivity index (χ0v) is 11.1. The molecule has 9 heteroatoms. The van der Waals surface area contributed by atoms with Crippen LogP contribution in [0.1, 0.15) is 43.4 Å². The molecule has 1 heterocycles. The first kappa shape index (κ1) is 15.7. The average Bonchev–Trinajstić information content (AvgIpc) is 2.86. The molecule has 1 aliphatic carbocycles. The van der Waals surface area contributed by atoms with E-state index in [1.165, 1.54) is 0 Å². The van der Waals surface area contributed by atoms with Crippen LogP contribution < -0.4 is 0 Å². The van der Waals surface area contributed by atoms with Crippen molar-refractivity contribution in [3.05, 3.63) is 11.8 Å². The molecule has 0 amide bonds. The Morgan fingerprint density at radius 3 is 2.71 bits per heavy atom. The summed E-state index contributed by atoms with van der Waals surface area (Å²) in [5, 5.41) is 15.7. The van der Waals surface area contributed by atoms with Crippen molar-refractivity contribution in [3.8, 4) is 0 Å². The molecule has 21 heavy (non-hydrogen) atoms. The maximum Gasteiger partial charge on any atom is 0.392 e. The van der Waals surface area contributed by atoms with Gasteiger partial charge in [0, 0.05) is 5.92 Å². The first-order valence-electron chi connectivity index (χ1n) is 6.56. The second-order valence-corrected chi connectivity index (χ2v) is 4.96. The number of carboxylic acids is 1. The van der Waals surface area contributed by atoms with Crippen molar-refractivity contribution >= 4 is 5.97 Å². The van der Waals surface area contributed by atoms with Gasteiger partial charge in [-0.05, 0) is 12.8 Å². The molecule has 0 spiro atoms. The highest BCUT2D eigenvalue weighted by molar-refractivity contribution is 5.67. The Labute approximate surface area is 118 Å². The van der Waals surface area contributed by atoms with E-state index < -0.39 is 30.6 Å². The van der Waals surface area contributed by atoms with Gasteiger partial charge in [-0.1, -0.05) is 12.8 Å². The number of aliphatic carboxylic acids is 1. The van der Waals surface area contributed by atoms with Crippen LogP contribution in [0.2, 0.25) is 0 Å². The Hall–Kier alpha value is -1.64. The van der Waals surface area contributed by atoms with Crippen LogP contribution in [-0.2, 0) is 16.1 Å². The highest BCUT2D eigenvalue weighted by Crippen LogP contribution is 2.45. The molecule has 1 aromatic heterocycles. The van der Waals surface area contributed by atoms with Crippen molar-refractivity contribution in [1.29, 1.82) is 0 Å². The van der Waals surface area contributed by atoms with Crippen LogP contribution >= 0.6 is 0 Å². The van der Waals surface area contributed by atoms with Gasteiger partial charge in [0.05, 0.1) is 5.92 Å². The summed E-state index contributed by atoms with van der Waals surface area (Å²) in [6.45, 7) is -0.769. The van der Waals surface area contributed by atoms with Gasteiger partial charge >= 0.3 is 12.1 Å². The Balaban J connectivity index is 2.03. The topological polar surface area (TPSA) is 85.5 Å². The van der Waals surface area contributed by atoms with Gasteiger partial charge in [-0.25, -0.2) is 4.79 Å². The fourth-order valence-corrected chi connectivity index (χ4v) is 2.52. The highest BCUT2D eigenvalue weighted by Gasteiger charge is 2.47. The summed E-state index contributed by atoms with van der Waals surface area (Å²) in [4.78, 5) is 10.3. The molecule has 1 saturated carbocycles. The lowest BCUT2D eigenvalue weighted by atomic mass is 9.79. The lowest BCUT2D eigenvalue weighted by molar-refractivity contribution is -0.189. The zero-order valence-electron chi connectivity index (χ0n) is 11.1. The summed E-state index contributed by atoms with van der Waals surface area (Å²) in [6, 6.07) is 0. The van der Waals surface area contributed by atoms with E-state index in [2.05, 4.69) is 10.2 Å². The van der Waals surface area contributed by atoms with E-state index in [0.717, 1.165) is 0 Å². The minimum atomic E-state index is -4.29. The zero-order chi connectivity index (χ0) is 15.5. The molecule has 2 unspecified atom stereocenters. The third kappa shape index (κ3) is 4.16. The molecule has 2 rings (SSSR count). The molecule has 118 valence electrons. The number of carboxylic acid groups (broad SMARTS) is 1. The van der Waals surface area contributed by atoms with E-state index in [-0.39, 0.29) is 24.8 Å². The third-order valence-corrected chi connectivity index (χ3v) is 3.44. The second-order valence-electron chi connectivity index (χ2n) is 4.96. The van der Waals surface area contributed by atoms with Crippen molar-refractivity contribution in [2.75, 3.05) is 6.61 Å². The molecule has 0 bridgehead atoms. The van der Waals surface area contributed by atoms with Crippen LogP contribution in [0.3, 0.4) is 0 Å². The molecule has 1 aliphatic rings. The van der Waals surface area contributed by atoms with Crippen LogP contribution in [0.4, 0.5) is 13.2 Å². The monoisotopic (exact) mass is 308 g/mol. The molecule has 6 nitrogen and oxygen atoms in total. The van der Waals surface area contributed by atoms with Crippen molar-refractivity contribution in [1.82, 2.24) is 10.2 Å². The van der Waals surface area contributed by atoms with E-state index in [9.17, 15) is 18.0 Å². The Kier molecular flexibility index (Phi) is 4.81. The molecule has 1 N–H and O–H groups in total. The Bertz CT molecular complexity index is 489. The third-order valence-electron chi connectivity index (χ3n) is 3.44. The van der Waals surface area contributed by atoms with Gasteiger partial charge in [-0.3, -0.25) is 0 Å². The standard InChI is InChI=1S/C12H15F3N2O4/c13-12(14,15)8-4-2-1-3-7(8)11-17-16-9(21-11)5-20-6-10(18)19/h7-8H,1-6H2,(H,18,19). The molecule has 0 aliphatic heterocycles. The van der Waals surface area contributed by atoms with E-state index >= 15 is 0 Å². The van der Waals surface area contributed by atoms with Crippen LogP contribution in [0, 0.1) is 5.92 Å². The summed E-state index contributed by atoms with van der Waals surface area (Å²) in [7, 11) is 0. The lowest BCUT2D eigenvalue weighted by Crippen LogP contribution is -2.31. The summed E-state index contributed by atoms with van der Waals surface area (Å²) in [5.74, 6) is -3.53. The predicted octanol–water partition coefficient (Wildman–Crippen LogP) is 2.51. The summed E-state index contributed by atoms with van der Waals surface area (Å²) in [5.41, 5.74) is 0. The van der Waals surface area contributed by atoms with Gasteiger partial charge in [0.25, 0.3) is 0 Å². The van der Waals surface area contributed by atoms with Crippen LogP contribution in [0.25, 0.3) is 0 Å². The number of nitrogens with zero attached hydrogens (tertiary/aromatic N) is 2. The Morgan fingerprint density at radius 2 is 2.05 bits per heavy atom. The van der Waals surface area contributed by atoms with E-state index in [0.29, 0.717) is 19.3 Å². The van der Waals surface area contributed by atoms with E-state index in [1.54, 1.807) is 0 Å².